The summed E-state index contributed by atoms with van der Waals surface area (Å²) in [5, 5.41) is 6.81. The van der Waals surface area contributed by atoms with Crippen LogP contribution in [0.5, 0.6) is 0 Å². The molecule has 2 aromatic rings. The van der Waals surface area contributed by atoms with Crippen LogP contribution >= 0.6 is 22.4 Å². The van der Waals surface area contributed by atoms with Crippen molar-refractivity contribution in [1.29, 1.82) is 0 Å². The van der Waals surface area contributed by atoms with Gasteiger partial charge in [0.1, 0.15) is 0 Å². The summed E-state index contributed by atoms with van der Waals surface area (Å²) in [5.74, 6) is 1.11. The second kappa shape index (κ2) is 12.3. The van der Waals surface area contributed by atoms with Crippen LogP contribution in [0, 0.1) is 0 Å². The van der Waals surface area contributed by atoms with E-state index in [1.165, 1.54) is 11.1 Å². The second-order valence-electron chi connectivity index (χ2n) is 13.6. The molecule has 206 valence electrons. The number of hydrogen-bond acceptors (Lipinski definition) is 0. The molecule has 0 nitrogen and oxygen atoms in total. The van der Waals surface area contributed by atoms with E-state index in [0.717, 1.165) is 22.6 Å². The molecule has 0 saturated carbocycles. The van der Waals surface area contributed by atoms with Gasteiger partial charge >= 0.3 is 229 Å². The first kappa shape index (κ1) is 31.9. The van der Waals surface area contributed by atoms with Gasteiger partial charge < -0.3 is 0 Å². The van der Waals surface area contributed by atoms with Crippen molar-refractivity contribution in [2.45, 2.75) is 118 Å². The standard InChI is InChI=1S/C33H59P3/c1-22(2)28-16-18-32(35(14,24(5)6)25(7)8)30(20-28)34(13)31-21-29(23(3)4)17-19-33(31)36(15,26(9)10)27(11)12/h16-27,35-36H,1-15H3. The molecule has 0 bridgehead atoms. The van der Waals surface area contributed by atoms with E-state index in [1.54, 1.807) is 21.2 Å². The Morgan fingerprint density at radius 1 is 0.500 bits per heavy atom. The third-order valence-electron chi connectivity index (χ3n) is 10.1. The van der Waals surface area contributed by atoms with Crippen molar-refractivity contribution in [2.24, 2.45) is 0 Å². The Bertz CT molecular complexity index is 916. The molecule has 0 aliphatic heterocycles. The van der Waals surface area contributed by atoms with Gasteiger partial charge in [0.2, 0.25) is 0 Å². The summed E-state index contributed by atoms with van der Waals surface area (Å²) < 4.78 is 0. The predicted molar refractivity (Wildman–Crippen MR) is 181 cm³/mol. The molecular weight excluding hydrogens is 489 g/mol. The maximum atomic E-state index is 2.66. The van der Waals surface area contributed by atoms with Crippen LogP contribution in [-0.2, 0) is 0 Å². The van der Waals surface area contributed by atoms with Gasteiger partial charge in [0.05, 0.1) is 0 Å². The third-order valence-corrected chi connectivity index (χ3v) is 25.5. The zero-order valence-electron chi connectivity index (χ0n) is 26.4. The first-order valence-electron chi connectivity index (χ1n) is 14.5. The summed E-state index contributed by atoms with van der Waals surface area (Å²) in [6, 6.07) is 15.3. The molecule has 0 atom stereocenters. The topological polar surface area (TPSA) is 0 Å². The Morgan fingerprint density at radius 3 is 1.00 bits per heavy atom. The van der Waals surface area contributed by atoms with Crippen molar-refractivity contribution in [3.05, 3.63) is 47.5 Å². The summed E-state index contributed by atoms with van der Waals surface area (Å²) >= 11 is 0. The molecule has 0 saturated heterocycles. The molecule has 0 aliphatic rings. The Kier molecular flexibility index (Phi) is 10.9. The first-order chi connectivity index (χ1) is 16.5. The fourth-order valence-electron chi connectivity index (χ4n) is 5.99. The van der Waals surface area contributed by atoms with Crippen LogP contribution in [0.2, 0.25) is 0 Å². The molecule has 0 radical (unpaired) electrons. The normalized spacial score (nSPS) is 15.1. The molecule has 0 N–H and O–H groups in total. The molecule has 36 heavy (non-hydrogen) atoms. The number of rotatable bonds is 10. The molecule has 0 heterocycles. The second-order valence-corrected chi connectivity index (χ2v) is 26.5. The van der Waals surface area contributed by atoms with E-state index >= 15 is 0 Å². The van der Waals surface area contributed by atoms with Crippen LogP contribution in [0.1, 0.15) is 106 Å². The van der Waals surface area contributed by atoms with E-state index in [1.807, 2.05) is 0 Å². The van der Waals surface area contributed by atoms with Crippen molar-refractivity contribution in [3.63, 3.8) is 0 Å². The molecule has 2 aromatic carbocycles. The van der Waals surface area contributed by atoms with Crippen molar-refractivity contribution in [2.75, 3.05) is 20.0 Å². The van der Waals surface area contributed by atoms with E-state index in [-0.39, 0.29) is 0 Å². The Balaban J connectivity index is 2.97. The third kappa shape index (κ3) is 5.98. The van der Waals surface area contributed by atoms with Crippen molar-refractivity contribution in [1.82, 2.24) is 0 Å². The summed E-state index contributed by atoms with van der Waals surface area (Å²) in [7, 11) is -3.84. The summed E-state index contributed by atoms with van der Waals surface area (Å²) in [6.45, 7) is 37.2. The van der Waals surface area contributed by atoms with Crippen LogP contribution in [0.25, 0.3) is 0 Å². The van der Waals surface area contributed by atoms with E-state index in [2.05, 4.69) is 139 Å². The SMILES string of the molecule is CC(C)c1ccc([PH](C)(C(C)C)C(C)C)c(P(C)c2cc(C(C)C)ccc2[PH](C)(C(C)C)C(C)C)c1. The van der Waals surface area contributed by atoms with Gasteiger partial charge in [0.15, 0.2) is 0 Å². The van der Waals surface area contributed by atoms with E-state index in [9.17, 15) is 0 Å². The van der Waals surface area contributed by atoms with Gasteiger partial charge in [-0.15, -0.1) is 0 Å². The number of benzene rings is 2. The monoisotopic (exact) mass is 548 g/mol. The van der Waals surface area contributed by atoms with Gasteiger partial charge in [0.25, 0.3) is 0 Å². The summed E-state index contributed by atoms with van der Waals surface area (Å²) in [5.41, 5.74) is 5.88. The van der Waals surface area contributed by atoms with Crippen LogP contribution in [0.3, 0.4) is 0 Å². The molecule has 0 spiro atoms. The Labute approximate surface area is 228 Å². The van der Waals surface area contributed by atoms with Crippen molar-refractivity contribution < 1.29 is 0 Å². The molecule has 0 fully saturated rings. The van der Waals surface area contributed by atoms with Gasteiger partial charge in [-0.25, -0.2) is 0 Å². The summed E-state index contributed by atoms with van der Waals surface area (Å²) in [6.07, 6.45) is 0. The maximum absolute atomic E-state index is 2.66. The zero-order chi connectivity index (χ0) is 27.7. The van der Waals surface area contributed by atoms with E-state index in [0.29, 0.717) is 11.8 Å². The Morgan fingerprint density at radius 2 is 0.778 bits per heavy atom. The molecule has 0 unspecified atom stereocenters. The van der Waals surface area contributed by atoms with E-state index in [4.69, 9.17) is 0 Å². The molecular formula is C33H59P3. The van der Waals surface area contributed by atoms with Gasteiger partial charge in [0, 0.05) is 0 Å². The van der Waals surface area contributed by atoms with Crippen LogP contribution < -0.4 is 21.2 Å². The van der Waals surface area contributed by atoms with Crippen LogP contribution in [-0.4, -0.2) is 42.6 Å². The minimum atomic E-state index is -1.69. The molecule has 0 aliphatic carbocycles. The number of hydrogen-bond donors (Lipinski definition) is 0. The minimum absolute atomic E-state index is 0.453. The van der Waals surface area contributed by atoms with Crippen molar-refractivity contribution in [3.8, 4) is 0 Å². The van der Waals surface area contributed by atoms with Crippen LogP contribution in [0.15, 0.2) is 36.4 Å². The zero-order valence-corrected chi connectivity index (χ0v) is 29.3. The molecule has 0 amide bonds. The molecule has 2 rings (SSSR count). The van der Waals surface area contributed by atoms with Gasteiger partial charge in [-0.3, -0.25) is 0 Å². The molecule has 0 aromatic heterocycles. The van der Waals surface area contributed by atoms with Crippen molar-refractivity contribution >= 4 is 43.7 Å². The van der Waals surface area contributed by atoms with E-state index < -0.39 is 22.4 Å². The fraction of sp³-hybridized carbons (Fsp3) is 0.636. The van der Waals surface area contributed by atoms with Gasteiger partial charge in [-0.2, -0.15) is 0 Å². The average molecular weight is 549 g/mol. The Hall–Kier alpha value is -0.270. The van der Waals surface area contributed by atoms with Crippen LogP contribution in [0.4, 0.5) is 0 Å². The van der Waals surface area contributed by atoms with Gasteiger partial charge in [-0.05, 0) is 0 Å². The fourth-order valence-corrected chi connectivity index (χ4v) is 17.5. The average Bonchev–Trinajstić information content (AvgIpc) is 2.80. The van der Waals surface area contributed by atoms with Gasteiger partial charge in [-0.1, -0.05) is 0 Å². The quantitative estimate of drug-likeness (QED) is 0.261. The molecule has 3 heteroatoms. The summed E-state index contributed by atoms with van der Waals surface area (Å²) in [4.78, 5) is 0. The predicted octanol–water partition coefficient (Wildman–Crippen LogP) is 8.64. The first-order valence-corrected chi connectivity index (χ1v) is 21.6.